The quantitative estimate of drug-likeness (QED) is 0.209. The zero-order chi connectivity index (χ0) is 27.0. The Kier molecular flexibility index (Phi) is 8.76. The Morgan fingerprint density at radius 2 is 1.32 bits per heavy atom. The van der Waals surface area contributed by atoms with Crippen LogP contribution in [0.2, 0.25) is 0 Å². The van der Waals surface area contributed by atoms with Gasteiger partial charge in [0, 0.05) is 10.6 Å². The molecule has 4 nitrogen and oxygen atoms in total. The molecule has 194 valence electrons. The van der Waals surface area contributed by atoms with Crippen LogP contribution in [0.1, 0.15) is 11.1 Å². The molecule has 0 atom stereocenters. The van der Waals surface area contributed by atoms with E-state index in [-0.39, 0.29) is 5.75 Å². The van der Waals surface area contributed by atoms with Crippen LogP contribution in [-0.2, 0) is 4.79 Å². The molecule has 0 aliphatic heterocycles. The standard InChI is InChI=1S/C30H23F3O4S/c31-30(32,33)37-26-12-10-24(11-13-26)28(23-8-6-22(7-9-23)21-4-2-1-3-5-21)18-19-38-27-16-14-25(15-17-27)36-20-29(34)35/h1-18H,19-20H2,(H,34,35)/b28-18-. The third-order valence-electron chi connectivity index (χ3n) is 5.43. The molecule has 4 rings (SSSR count). The van der Waals surface area contributed by atoms with E-state index in [0.717, 1.165) is 32.7 Å². The van der Waals surface area contributed by atoms with Crippen molar-refractivity contribution in [2.45, 2.75) is 11.3 Å². The van der Waals surface area contributed by atoms with Crippen LogP contribution in [0.4, 0.5) is 13.2 Å². The molecule has 0 unspecified atom stereocenters. The first-order valence-electron chi connectivity index (χ1n) is 11.6. The van der Waals surface area contributed by atoms with E-state index in [1.807, 2.05) is 72.8 Å². The molecule has 0 aliphatic carbocycles. The van der Waals surface area contributed by atoms with Crippen molar-refractivity contribution >= 4 is 23.3 Å². The predicted octanol–water partition coefficient (Wildman–Crippen LogP) is 7.94. The lowest BCUT2D eigenvalue weighted by atomic mass is 9.95. The zero-order valence-electron chi connectivity index (χ0n) is 20.0. The first-order chi connectivity index (χ1) is 18.3. The van der Waals surface area contributed by atoms with Crippen molar-refractivity contribution < 1.29 is 32.5 Å². The highest BCUT2D eigenvalue weighted by Crippen LogP contribution is 2.31. The van der Waals surface area contributed by atoms with Crippen molar-refractivity contribution in [1.29, 1.82) is 0 Å². The fraction of sp³-hybridized carbons (Fsp3) is 0.100. The van der Waals surface area contributed by atoms with Crippen LogP contribution in [0, 0.1) is 0 Å². The van der Waals surface area contributed by atoms with Gasteiger partial charge in [-0.25, -0.2) is 4.79 Å². The highest BCUT2D eigenvalue weighted by Gasteiger charge is 2.31. The highest BCUT2D eigenvalue weighted by molar-refractivity contribution is 7.99. The number of hydrogen-bond acceptors (Lipinski definition) is 4. The second kappa shape index (κ2) is 12.4. The summed E-state index contributed by atoms with van der Waals surface area (Å²) in [4.78, 5) is 11.6. The van der Waals surface area contributed by atoms with Gasteiger partial charge in [0.25, 0.3) is 0 Å². The molecule has 0 saturated carbocycles. The smallest absolute Gasteiger partial charge is 0.482 e. The van der Waals surface area contributed by atoms with E-state index in [2.05, 4.69) is 4.74 Å². The predicted molar refractivity (Wildman–Crippen MR) is 142 cm³/mol. The molecular formula is C30H23F3O4S. The highest BCUT2D eigenvalue weighted by atomic mass is 32.2. The van der Waals surface area contributed by atoms with Gasteiger partial charge in [0.05, 0.1) is 0 Å². The van der Waals surface area contributed by atoms with Gasteiger partial charge in [0.15, 0.2) is 6.61 Å². The summed E-state index contributed by atoms with van der Waals surface area (Å²) in [7, 11) is 0. The number of hydrogen-bond donors (Lipinski definition) is 1. The normalized spacial score (nSPS) is 11.7. The van der Waals surface area contributed by atoms with E-state index in [4.69, 9.17) is 9.84 Å². The third kappa shape index (κ3) is 7.91. The number of benzene rings is 4. The van der Waals surface area contributed by atoms with E-state index in [1.165, 1.54) is 12.1 Å². The average molecular weight is 537 g/mol. The monoisotopic (exact) mass is 536 g/mol. The van der Waals surface area contributed by atoms with Crippen LogP contribution in [0.5, 0.6) is 11.5 Å². The van der Waals surface area contributed by atoms with Crippen molar-refractivity contribution in [2.24, 2.45) is 0 Å². The molecule has 1 N–H and O–H groups in total. The van der Waals surface area contributed by atoms with Crippen molar-refractivity contribution in [3.63, 3.8) is 0 Å². The Hall–Kier alpha value is -4.17. The van der Waals surface area contributed by atoms with Gasteiger partial charge in [-0.15, -0.1) is 24.9 Å². The summed E-state index contributed by atoms with van der Waals surface area (Å²) in [5, 5.41) is 8.73. The van der Waals surface area contributed by atoms with Gasteiger partial charge in [-0.3, -0.25) is 0 Å². The number of alkyl halides is 3. The minimum Gasteiger partial charge on any atom is -0.482 e. The summed E-state index contributed by atoms with van der Waals surface area (Å²) in [6, 6.07) is 30.9. The van der Waals surface area contributed by atoms with Gasteiger partial charge >= 0.3 is 12.3 Å². The lowest BCUT2D eigenvalue weighted by Gasteiger charge is -2.13. The topological polar surface area (TPSA) is 55.8 Å². The first-order valence-corrected chi connectivity index (χ1v) is 12.5. The number of ether oxygens (including phenoxy) is 2. The van der Waals surface area contributed by atoms with E-state index >= 15 is 0 Å². The Bertz CT molecular complexity index is 1370. The fourth-order valence-corrected chi connectivity index (χ4v) is 4.48. The van der Waals surface area contributed by atoms with Crippen molar-refractivity contribution in [2.75, 3.05) is 12.4 Å². The summed E-state index contributed by atoms with van der Waals surface area (Å²) in [5.41, 5.74) is 4.70. The molecule has 38 heavy (non-hydrogen) atoms. The van der Waals surface area contributed by atoms with Crippen LogP contribution in [0.15, 0.2) is 114 Å². The van der Waals surface area contributed by atoms with Gasteiger partial charge in [-0.1, -0.05) is 72.8 Å². The molecular weight excluding hydrogens is 513 g/mol. The summed E-state index contributed by atoms with van der Waals surface area (Å²) >= 11 is 1.56. The van der Waals surface area contributed by atoms with Crippen LogP contribution >= 0.6 is 11.8 Å². The Labute approximate surface area is 222 Å². The maximum atomic E-state index is 12.6. The molecule has 0 fully saturated rings. The van der Waals surface area contributed by atoms with Gasteiger partial charge in [-0.2, -0.15) is 0 Å². The van der Waals surface area contributed by atoms with Gasteiger partial charge in [0.2, 0.25) is 0 Å². The van der Waals surface area contributed by atoms with Crippen molar-refractivity contribution in [3.05, 3.63) is 120 Å². The van der Waals surface area contributed by atoms with Crippen LogP contribution < -0.4 is 9.47 Å². The molecule has 0 heterocycles. The second-order valence-electron chi connectivity index (χ2n) is 8.10. The molecule has 0 bridgehead atoms. The molecule has 0 spiro atoms. The number of rotatable bonds is 10. The van der Waals surface area contributed by atoms with E-state index in [9.17, 15) is 18.0 Å². The second-order valence-corrected chi connectivity index (χ2v) is 9.19. The number of carboxylic acid groups (broad SMARTS) is 1. The number of halogens is 3. The Balaban J connectivity index is 1.55. The van der Waals surface area contributed by atoms with Crippen LogP contribution in [0.25, 0.3) is 16.7 Å². The lowest BCUT2D eigenvalue weighted by Crippen LogP contribution is -2.17. The van der Waals surface area contributed by atoms with E-state index < -0.39 is 18.9 Å². The molecule has 0 aliphatic rings. The number of carboxylic acids is 1. The molecule has 0 radical (unpaired) electrons. The Morgan fingerprint density at radius 3 is 1.89 bits per heavy atom. The van der Waals surface area contributed by atoms with Crippen LogP contribution in [-0.4, -0.2) is 29.8 Å². The molecule has 0 saturated heterocycles. The molecule has 8 heteroatoms. The van der Waals surface area contributed by atoms with Crippen LogP contribution in [0.3, 0.4) is 0 Å². The molecule has 4 aromatic carbocycles. The van der Waals surface area contributed by atoms with Gasteiger partial charge < -0.3 is 14.6 Å². The minimum absolute atomic E-state index is 0.278. The largest absolute Gasteiger partial charge is 0.573 e. The number of thioether (sulfide) groups is 1. The van der Waals surface area contributed by atoms with E-state index in [0.29, 0.717) is 11.5 Å². The maximum absolute atomic E-state index is 12.6. The third-order valence-corrected chi connectivity index (χ3v) is 6.36. The zero-order valence-corrected chi connectivity index (χ0v) is 20.8. The SMILES string of the molecule is O=C(O)COc1ccc(SC/C=C(\c2ccc(OC(F)(F)F)cc2)c2ccc(-c3ccccc3)cc2)cc1. The number of aliphatic carboxylic acids is 1. The summed E-state index contributed by atoms with van der Waals surface area (Å²) in [6.07, 6.45) is -2.73. The minimum atomic E-state index is -4.75. The summed E-state index contributed by atoms with van der Waals surface area (Å²) in [5.74, 6) is -0.269. The maximum Gasteiger partial charge on any atom is 0.573 e. The summed E-state index contributed by atoms with van der Waals surface area (Å²) < 4.78 is 47.0. The first kappa shape index (κ1) is 26.9. The molecule has 4 aromatic rings. The van der Waals surface area contributed by atoms with Crippen molar-refractivity contribution in [3.8, 4) is 22.6 Å². The molecule has 0 amide bonds. The fourth-order valence-electron chi connectivity index (χ4n) is 3.71. The number of carbonyl (C=O) groups is 1. The van der Waals surface area contributed by atoms with E-state index in [1.54, 1.807) is 36.0 Å². The van der Waals surface area contributed by atoms with Gasteiger partial charge in [-0.05, 0) is 64.2 Å². The molecule has 0 aromatic heterocycles. The van der Waals surface area contributed by atoms with Gasteiger partial charge in [0.1, 0.15) is 11.5 Å². The lowest BCUT2D eigenvalue weighted by molar-refractivity contribution is -0.274. The van der Waals surface area contributed by atoms with Crippen molar-refractivity contribution in [1.82, 2.24) is 0 Å². The summed E-state index contributed by atoms with van der Waals surface area (Å²) in [6.45, 7) is -0.408. The Morgan fingerprint density at radius 1 is 0.763 bits per heavy atom. The average Bonchev–Trinajstić information content (AvgIpc) is 2.91.